The first kappa shape index (κ1) is 19.0. The first-order valence-electron chi connectivity index (χ1n) is 9.78. The molecule has 1 aromatic carbocycles. The number of rotatable bonds is 7. The van der Waals surface area contributed by atoms with E-state index >= 15 is 0 Å². The summed E-state index contributed by atoms with van der Waals surface area (Å²) in [6.45, 7) is 5.71. The minimum atomic E-state index is 0.219. The molecule has 3 nitrogen and oxygen atoms in total. The van der Waals surface area contributed by atoms with Crippen LogP contribution >= 0.6 is 11.6 Å². The number of benzene rings is 1. The Balaban J connectivity index is 1.78. The summed E-state index contributed by atoms with van der Waals surface area (Å²) < 4.78 is 2.21. The van der Waals surface area contributed by atoms with Crippen LogP contribution in [0.25, 0.3) is 0 Å². The average Bonchev–Trinajstić information content (AvgIpc) is 3.32. The maximum Gasteiger partial charge on any atom is 0.226 e. The zero-order valence-corrected chi connectivity index (χ0v) is 16.6. The lowest BCUT2D eigenvalue weighted by molar-refractivity contribution is -0.138. The van der Waals surface area contributed by atoms with Crippen LogP contribution in [0.1, 0.15) is 57.2 Å². The minimum Gasteiger partial charge on any atom is -0.345 e. The lowest BCUT2D eigenvalue weighted by Crippen LogP contribution is -2.41. The van der Waals surface area contributed by atoms with E-state index < -0.39 is 0 Å². The van der Waals surface area contributed by atoms with Gasteiger partial charge in [-0.15, -0.1) is 0 Å². The smallest absolute Gasteiger partial charge is 0.226 e. The van der Waals surface area contributed by atoms with Crippen LogP contribution in [-0.4, -0.2) is 21.4 Å². The molecule has 4 heteroatoms. The van der Waals surface area contributed by atoms with Gasteiger partial charge in [-0.25, -0.2) is 0 Å². The van der Waals surface area contributed by atoms with Gasteiger partial charge < -0.3 is 9.47 Å². The molecule has 1 aliphatic carbocycles. The van der Waals surface area contributed by atoms with Gasteiger partial charge in [-0.3, -0.25) is 4.79 Å². The van der Waals surface area contributed by atoms with Gasteiger partial charge in [0.05, 0.1) is 6.54 Å². The summed E-state index contributed by atoms with van der Waals surface area (Å²) in [7, 11) is 0. The molecule has 2 aromatic rings. The number of amides is 1. The number of aromatic nitrogens is 1. The topological polar surface area (TPSA) is 25.2 Å². The molecule has 140 valence electrons. The Morgan fingerprint density at radius 2 is 1.96 bits per heavy atom. The second-order valence-corrected chi connectivity index (χ2v) is 7.83. The average molecular weight is 373 g/mol. The van der Waals surface area contributed by atoms with Crippen LogP contribution in [0.4, 0.5) is 0 Å². The van der Waals surface area contributed by atoms with Gasteiger partial charge in [-0.2, -0.15) is 0 Å². The Bertz CT molecular complexity index is 733. The third-order valence-electron chi connectivity index (χ3n) is 5.66. The lowest BCUT2D eigenvalue weighted by Gasteiger charge is -2.31. The van der Waals surface area contributed by atoms with Crippen molar-refractivity contribution in [1.82, 2.24) is 9.47 Å². The van der Waals surface area contributed by atoms with E-state index in [1.54, 1.807) is 0 Å². The molecular formula is C22H29ClN2O. The van der Waals surface area contributed by atoms with E-state index in [0.717, 1.165) is 42.1 Å². The van der Waals surface area contributed by atoms with E-state index in [0.29, 0.717) is 12.5 Å². The molecule has 0 radical (unpaired) electrons. The van der Waals surface area contributed by atoms with E-state index in [-0.39, 0.29) is 12.0 Å². The quantitative estimate of drug-likeness (QED) is 0.629. The monoisotopic (exact) mass is 372 g/mol. The maximum atomic E-state index is 13.1. The highest BCUT2D eigenvalue weighted by Crippen LogP contribution is 2.28. The van der Waals surface area contributed by atoms with E-state index in [2.05, 4.69) is 47.7 Å². The molecule has 0 N–H and O–H groups in total. The third kappa shape index (κ3) is 4.32. The van der Waals surface area contributed by atoms with Gasteiger partial charge in [0, 0.05) is 35.4 Å². The number of hydrogen-bond donors (Lipinski definition) is 0. The molecule has 0 bridgehead atoms. The number of carbonyl (C=O) groups excluding carboxylic acids is 1. The molecule has 1 heterocycles. The maximum absolute atomic E-state index is 13.1. The van der Waals surface area contributed by atoms with E-state index in [4.69, 9.17) is 11.6 Å². The van der Waals surface area contributed by atoms with Crippen LogP contribution in [0.15, 0.2) is 42.6 Å². The van der Waals surface area contributed by atoms with Crippen LogP contribution in [0.3, 0.4) is 0 Å². The second-order valence-electron chi connectivity index (χ2n) is 7.42. The Morgan fingerprint density at radius 1 is 1.23 bits per heavy atom. The van der Waals surface area contributed by atoms with Gasteiger partial charge in [-0.1, -0.05) is 49.6 Å². The minimum absolute atomic E-state index is 0.219. The first-order valence-corrected chi connectivity index (χ1v) is 10.2. The largest absolute Gasteiger partial charge is 0.345 e. The Morgan fingerprint density at radius 3 is 2.65 bits per heavy atom. The predicted molar refractivity (Wildman–Crippen MR) is 107 cm³/mol. The zero-order chi connectivity index (χ0) is 18.5. The lowest BCUT2D eigenvalue weighted by atomic mass is 10.0. The normalized spacial score (nSPS) is 16.0. The molecule has 1 aliphatic rings. The van der Waals surface area contributed by atoms with E-state index in [1.807, 2.05) is 18.2 Å². The molecule has 1 saturated carbocycles. The highest BCUT2D eigenvalue weighted by atomic mass is 35.5. The van der Waals surface area contributed by atoms with Crippen molar-refractivity contribution in [1.29, 1.82) is 0 Å². The highest BCUT2D eigenvalue weighted by molar-refractivity contribution is 6.31. The van der Waals surface area contributed by atoms with Crippen molar-refractivity contribution in [2.75, 3.05) is 0 Å². The van der Waals surface area contributed by atoms with Gasteiger partial charge in [0.1, 0.15) is 0 Å². The van der Waals surface area contributed by atoms with Crippen molar-refractivity contribution < 1.29 is 4.79 Å². The van der Waals surface area contributed by atoms with Crippen molar-refractivity contribution in [3.05, 3.63) is 58.9 Å². The molecule has 0 saturated heterocycles. The fourth-order valence-electron chi connectivity index (χ4n) is 3.81. The van der Waals surface area contributed by atoms with Gasteiger partial charge in [0.15, 0.2) is 0 Å². The summed E-state index contributed by atoms with van der Waals surface area (Å²) in [4.78, 5) is 15.2. The van der Waals surface area contributed by atoms with Crippen molar-refractivity contribution in [2.24, 2.45) is 5.92 Å². The van der Waals surface area contributed by atoms with Crippen LogP contribution < -0.4 is 0 Å². The molecule has 1 atom stereocenters. The number of halogens is 1. The van der Waals surface area contributed by atoms with Crippen LogP contribution in [0.2, 0.25) is 5.02 Å². The fraction of sp³-hybridized carbons (Fsp3) is 0.500. The fourth-order valence-corrected chi connectivity index (χ4v) is 4.01. The molecule has 1 fully saturated rings. The zero-order valence-electron chi connectivity index (χ0n) is 15.8. The summed E-state index contributed by atoms with van der Waals surface area (Å²) in [5, 5.41) is 0.785. The molecule has 0 spiro atoms. The number of carbonyl (C=O) groups is 1. The second kappa shape index (κ2) is 8.77. The highest BCUT2D eigenvalue weighted by Gasteiger charge is 2.29. The van der Waals surface area contributed by atoms with Gasteiger partial charge in [0.2, 0.25) is 5.91 Å². The SMILES string of the molecule is CCC(C)N(Cc1cccn1Cc1ccccc1Cl)C(=O)C1CCCC1. The van der Waals surface area contributed by atoms with Crippen LogP contribution in [0.5, 0.6) is 0 Å². The molecular weight excluding hydrogens is 344 g/mol. The van der Waals surface area contributed by atoms with E-state index in [1.165, 1.54) is 12.8 Å². The van der Waals surface area contributed by atoms with Crippen molar-refractivity contribution in [3.8, 4) is 0 Å². The molecule has 26 heavy (non-hydrogen) atoms. The van der Waals surface area contributed by atoms with Crippen molar-refractivity contribution in [3.63, 3.8) is 0 Å². The first-order chi connectivity index (χ1) is 12.6. The molecule has 3 rings (SSSR count). The Hall–Kier alpha value is -1.74. The standard InChI is InChI=1S/C22H29ClN2O/c1-3-17(2)25(22(26)18-9-4-5-10-18)16-20-12-8-14-24(20)15-19-11-6-7-13-21(19)23/h6-8,11-14,17-18H,3-5,9-10,15-16H2,1-2H3. The van der Waals surface area contributed by atoms with Gasteiger partial charge >= 0.3 is 0 Å². The Labute approximate surface area is 162 Å². The summed E-state index contributed by atoms with van der Waals surface area (Å²) in [6, 6.07) is 12.4. The van der Waals surface area contributed by atoms with Crippen molar-refractivity contribution >= 4 is 17.5 Å². The summed E-state index contributed by atoms with van der Waals surface area (Å²) in [5.74, 6) is 0.554. The number of nitrogens with zero attached hydrogens (tertiary/aromatic N) is 2. The van der Waals surface area contributed by atoms with Gasteiger partial charge in [-0.05, 0) is 49.9 Å². The van der Waals surface area contributed by atoms with Crippen molar-refractivity contribution in [2.45, 2.75) is 65.1 Å². The van der Waals surface area contributed by atoms with E-state index in [9.17, 15) is 4.79 Å². The Kier molecular flexibility index (Phi) is 6.42. The summed E-state index contributed by atoms with van der Waals surface area (Å²) >= 11 is 6.33. The molecule has 1 amide bonds. The van der Waals surface area contributed by atoms with Gasteiger partial charge in [0.25, 0.3) is 0 Å². The third-order valence-corrected chi connectivity index (χ3v) is 6.03. The molecule has 1 aromatic heterocycles. The van der Waals surface area contributed by atoms with Crippen LogP contribution in [-0.2, 0) is 17.9 Å². The summed E-state index contributed by atoms with van der Waals surface area (Å²) in [5.41, 5.74) is 2.26. The van der Waals surface area contributed by atoms with Crippen LogP contribution in [0, 0.1) is 5.92 Å². The summed E-state index contributed by atoms with van der Waals surface area (Å²) in [6.07, 6.45) is 7.53. The number of hydrogen-bond acceptors (Lipinski definition) is 1. The molecule has 0 aliphatic heterocycles. The predicted octanol–water partition coefficient (Wildman–Crippen LogP) is 5.51. The molecule has 1 unspecified atom stereocenters.